The Morgan fingerprint density at radius 1 is 0.756 bits per heavy atom. The molecule has 2 amide bonds. The number of benzene rings is 4. The van der Waals surface area contributed by atoms with Crippen LogP contribution >= 0.6 is 28.1 Å². The molecule has 5 aromatic rings. The van der Waals surface area contributed by atoms with Gasteiger partial charge in [-0.15, -0.1) is 0 Å². The lowest BCUT2D eigenvalue weighted by molar-refractivity contribution is -0.122. The summed E-state index contributed by atoms with van der Waals surface area (Å²) in [5, 5.41) is 2.77. The maximum atomic E-state index is 13.9. The molecule has 7 heteroatoms. The quantitative estimate of drug-likeness (QED) is 0.125. The molecule has 200 valence electrons. The molecule has 1 aliphatic rings. The van der Waals surface area contributed by atoms with Crippen molar-refractivity contribution in [3.8, 4) is 28.2 Å². The summed E-state index contributed by atoms with van der Waals surface area (Å²) in [6, 6.07) is 37.6. The van der Waals surface area contributed by atoms with Gasteiger partial charge in [0.15, 0.2) is 5.11 Å². The van der Waals surface area contributed by atoms with Crippen molar-refractivity contribution >= 4 is 56.8 Å². The zero-order chi connectivity index (χ0) is 28.5. The van der Waals surface area contributed by atoms with Gasteiger partial charge in [-0.3, -0.25) is 19.8 Å². The van der Waals surface area contributed by atoms with Gasteiger partial charge in [0.05, 0.1) is 17.1 Å². The number of hydrogen-bond donors (Lipinski definition) is 1. The number of rotatable bonds is 5. The van der Waals surface area contributed by atoms with Gasteiger partial charge in [0.1, 0.15) is 5.57 Å². The standard InChI is InChI=1S/C34H24BrN3O2S/c1-22-12-16-28(17-13-22)38-33(40)29(32(39)36-34(38)41)20-25-21-30(23-8-4-2-5-9-23)37(27-18-14-26(35)15-19-27)31(25)24-10-6-3-7-11-24/h2-21H,1H3,(H,36,39,41)/b29-20-. The highest BCUT2D eigenvalue weighted by atomic mass is 79.9. The third kappa shape index (κ3) is 5.17. The maximum Gasteiger partial charge on any atom is 0.270 e. The van der Waals surface area contributed by atoms with Gasteiger partial charge in [-0.1, -0.05) is 94.3 Å². The number of nitrogens with zero attached hydrogens (tertiary/aromatic N) is 2. The van der Waals surface area contributed by atoms with Crippen molar-refractivity contribution < 1.29 is 9.59 Å². The summed E-state index contributed by atoms with van der Waals surface area (Å²) < 4.78 is 3.13. The zero-order valence-electron chi connectivity index (χ0n) is 22.0. The van der Waals surface area contributed by atoms with E-state index in [0.29, 0.717) is 5.69 Å². The van der Waals surface area contributed by atoms with Crippen LogP contribution in [0.2, 0.25) is 0 Å². The number of anilines is 1. The molecule has 1 saturated heterocycles. The summed E-state index contributed by atoms with van der Waals surface area (Å²) in [5.41, 5.74) is 7.05. The molecule has 4 aromatic carbocycles. The van der Waals surface area contributed by atoms with Gasteiger partial charge in [-0.05, 0) is 78.8 Å². The molecule has 1 N–H and O–H groups in total. The molecule has 0 atom stereocenters. The van der Waals surface area contributed by atoms with Crippen molar-refractivity contribution in [3.05, 3.63) is 136 Å². The Bertz CT molecular complexity index is 1810. The third-order valence-electron chi connectivity index (χ3n) is 6.93. The molecule has 0 radical (unpaired) electrons. The van der Waals surface area contributed by atoms with Gasteiger partial charge < -0.3 is 4.57 Å². The maximum absolute atomic E-state index is 13.9. The minimum Gasteiger partial charge on any atom is -0.309 e. The molecule has 0 spiro atoms. The fraction of sp³-hybridized carbons (Fsp3) is 0.0294. The van der Waals surface area contributed by atoms with Crippen molar-refractivity contribution in [1.29, 1.82) is 0 Å². The topological polar surface area (TPSA) is 54.3 Å². The Balaban J connectivity index is 1.59. The second-order valence-electron chi connectivity index (χ2n) is 9.67. The summed E-state index contributed by atoms with van der Waals surface area (Å²) in [7, 11) is 0. The Hall–Kier alpha value is -4.59. The minimum atomic E-state index is -0.528. The van der Waals surface area contributed by atoms with Gasteiger partial charge in [-0.25, -0.2) is 0 Å². The van der Waals surface area contributed by atoms with Crippen LogP contribution in [0.15, 0.2) is 125 Å². The van der Waals surface area contributed by atoms with Gasteiger partial charge in [0.2, 0.25) is 0 Å². The molecule has 0 unspecified atom stereocenters. The SMILES string of the molecule is Cc1ccc(N2C(=O)/C(=C\c3cc(-c4ccccc4)n(-c4ccc(Br)cc4)c3-c3ccccc3)C(=O)NC2=S)cc1. The third-order valence-corrected chi connectivity index (χ3v) is 7.74. The summed E-state index contributed by atoms with van der Waals surface area (Å²) in [6.45, 7) is 1.97. The van der Waals surface area contributed by atoms with Crippen LogP contribution in [0.4, 0.5) is 5.69 Å². The summed E-state index contributed by atoms with van der Waals surface area (Å²) in [4.78, 5) is 28.5. The highest BCUT2D eigenvalue weighted by Crippen LogP contribution is 2.38. The monoisotopic (exact) mass is 617 g/mol. The summed E-state index contributed by atoms with van der Waals surface area (Å²) in [6.07, 6.45) is 1.67. The number of aryl methyl sites for hydroxylation is 1. The van der Waals surface area contributed by atoms with Crippen LogP contribution in [0.3, 0.4) is 0 Å². The van der Waals surface area contributed by atoms with Crippen molar-refractivity contribution in [2.75, 3.05) is 4.90 Å². The number of amides is 2. The largest absolute Gasteiger partial charge is 0.309 e. The molecule has 0 saturated carbocycles. The number of nitrogens with one attached hydrogen (secondary N) is 1. The normalized spacial score (nSPS) is 14.4. The predicted octanol–water partition coefficient (Wildman–Crippen LogP) is 7.71. The predicted molar refractivity (Wildman–Crippen MR) is 172 cm³/mol. The first-order valence-electron chi connectivity index (χ1n) is 13.0. The van der Waals surface area contributed by atoms with Gasteiger partial charge in [0, 0.05) is 15.7 Å². The van der Waals surface area contributed by atoms with Crippen molar-refractivity contribution in [2.45, 2.75) is 6.92 Å². The minimum absolute atomic E-state index is 0.00363. The first kappa shape index (κ1) is 26.6. The molecule has 1 aromatic heterocycles. The van der Waals surface area contributed by atoms with Crippen LogP contribution in [0, 0.1) is 6.92 Å². The van der Waals surface area contributed by atoms with E-state index in [1.165, 1.54) is 4.90 Å². The van der Waals surface area contributed by atoms with Crippen molar-refractivity contribution in [1.82, 2.24) is 9.88 Å². The first-order valence-corrected chi connectivity index (χ1v) is 14.2. The number of hydrogen-bond acceptors (Lipinski definition) is 3. The Labute approximate surface area is 251 Å². The van der Waals surface area contributed by atoms with E-state index in [0.717, 1.165) is 43.8 Å². The molecular formula is C34H24BrN3O2S. The fourth-order valence-corrected chi connectivity index (χ4v) is 5.50. The lowest BCUT2D eigenvalue weighted by Crippen LogP contribution is -2.54. The van der Waals surface area contributed by atoms with Crippen molar-refractivity contribution in [3.63, 3.8) is 0 Å². The lowest BCUT2D eigenvalue weighted by atomic mass is 10.0. The van der Waals surface area contributed by atoms with E-state index in [1.807, 2.05) is 122 Å². The van der Waals surface area contributed by atoms with Crippen LogP contribution in [0.1, 0.15) is 11.1 Å². The molecule has 0 bridgehead atoms. The second kappa shape index (κ2) is 11.1. The van der Waals surface area contributed by atoms with E-state index >= 15 is 0 Å². The average Bonchev–Trinajstić information content (AvgIpc) is 3.36. The zero-order valence-corrected chi connectivity index (χ0v) is 24.4. The van der Waals surface area contributed by atoms with E-state index in [4.69, 9.17) is 12.2 Å². The molecule has 1 fully saturated rings. The molecular weight excluding hydrogens is 594 g/mol. The van der Waals surface area contributed by atoms with E-state index in [9.17, 15) is 9.59 Å². The Morgan fingerprint density at radius 2 is 1.34 bits per heavy atom. The molecule has 41 heavy (non-hydrogen) atoms. The Kier molecular flexibility index (Phi) is 7.22. The van der Waals surface area contributed by atoms with Crippen LogP contribution in [-0.2, 0) is 9.59 Å². The fourth-order valence-electron chi connectivity index (χ4n) is 4.95. The van der Waals surface area contributed by atoms with E-state index < -0.39 is 11.8 Å². The Morgan fingerprint density at radius 3 is 1.98 bits per heavy atom. The van der Waals surface area contributed by atoms with Crippen molar-refractivity contribution in [2.24, 2.45) is 0 Å². The second-order valence-corrected chi connectivity index (χ2v) is 11.0. The molecule has 2 heterocycles. The first-order chi connectivity index (χ1) is 19.9. The highest BCUT2D eigenvalue weighted by Gasteiger charge is 2.35. The van der Waals surface area contributed by atoms with E-state index in [-0.39, 0.29) is 10.7 Å². The van der Waals surface area contributed by atoms with Crippen LogP contribution in [0.5, 0.6) is 0 Å². The van der Waals surface area contributed by atoms with E-state index in [2.05, 4.69) is 25.8 Å². The number of carbonyl (C=O) groups excluding carboxylic acids is 2. The van der Waals surface area contributed by atoms with Crippen LogP contribution in [0.25, 0.3) is 34.3 Å². The number of aromatic nitrogens is 1. The van der Waals surface area contributed by atoms with Crippen LogP contribution in [-0.4, -0.2) is 21.5 Å². The number of halogens is 1. The number of carbonyl (C=O) groups is 2. The van der Waals surface area contributed by atoms with Crippen LogP contribution < -0.4 is 10.2 Å². The molecule has 6 rings (SSSR count). The highest BCUT2D eigenvalue weighted by molar-refractivity contribution is 9.10. The molecule has 1 aliphatic heterocycles. The smallest absolute Gasteiger partial charge is 0.270 e. The number of thiocarbonyl (C=S) groups is 1. The molecule has 0 aliphatic carbocycles. The van der Waals surface area contributed by atoms with E-state index in [1.54, 1.807) is 6.08 Å². The summed E-state index contributed by atoms with van der Waals surface area (Å²) in [5.74, 6) is -1.00. The van der Waals surface area contributed by atoms with Gasteiger partial charge in [0.25, 0.3) is 11.8 Å². The van der Waals surface area contributed by atoms with Gasteiger partial charge >= 0.3 is 0 Å². The molecule has 5 nitrogen and oxygen atoms in total. The average molecular weight is 619 g/mol. The van der Waals surface area contributed by atoms with Gasteiger partial charge in [-0.2, -0.15) is 0 Å². The lowest BCUT2D eigenvalue weighted by Gasteiger charge is -2.29. The summed E-state index contributed by atoms with van der Waals surface area (Å²) >= 11 is 8.96.